The van der Waals surface area contributed by atoms with Crippen molar-refractivity contribution < 1.29 is 9.84 Å². The van der Waals surface area contributed by atoms with Crippen LogP contribution < -0.4 is 0 Å². The summed E-state index contributed by atoms with van der Waals surface area (Å²) in [6.45, 7) is 0. The largest absolute Gasteiger partial charge is 0.368 e. The van der Waals surface area contributed by atoms with Gasteiger partial charge < -0.3 is 9.84 Å². The quantitative estimate of drug-likeness (QED) is 0.596. The third-order valence-electron chi connectivity index (χ3n) is 5.98. The Bertz CT molecular complexity index is 300. The first-order chi connectivity index (χ1) is 6.36. The zero-order valence-corrected chi connectivity index (χ0v) is 7.47. The Balaban J connectivity index is 1.78. The van der Waals surface area contributed by atoms with Crippen molar-refractivity contribution in [1.82, 2.24) is 0 Å². The predicted molar refractivity (Wildman–Crippen MR) is 44.5 cm³/mol. The monoisotopic (exact) mass is 178 g/mol. The summed E-state index contributed by atoms with van der Waals surface area (Å²) in [5.41, 5.74) is 0. The summed E-state index contributed by atoms with van der Waals surface area (Å²) in [7, 11) is 0. The van der Waals surface area contributed by atoms with E-state index in [0.717, 1.165) is 35.5 Å². The third-order valence-corrected chi connectivity index (χ3v) is 5.98. The summed E-state index contributed by atoms with van der Waals surface area (Å²) in [5.74, 6) is 6.00. The average molecular weight is 178 g/mol. The maximum absolute atomic E-state index is 9.89. The Morgan fingerprint density at radius 2 is 1.62 bits per heavy atom. The molecule has 4 aliphatic carbocycles. The Morgan fingerprint density at radius 1 is 0.846 bits per heavy atom. The number of rotatable bonds is 0. The molecule has 5 rings (SSSR count). The second-order valence-corrected chi connectivity index (χ2v) is 5.85. The van der Waals surface area contributed by atoms with Crippen molar-refractivity contribution in [2.45, 2.75) is 25.2 Å². The smallest absolute Gasteiger partial charge is 0.158 e. The maximum atomic E-state index is 9.89. The lowest BCUT2D eigenvalue weighted by Gasteiger charge is -2.55. The Hall–Kier alpha value is -0.0800. The fourth-order valence-corrected chi connectivity index (χ4v) is 5.90. The van der Waals surface area contributed by atoms with Crippen molar-refractivity contribution in [3.8, 4) is 0 Å². The van der Waals surface area contributed by atoms with E-state index < -0.39 is 6.29 Å². The minimum atomic E-state index is -0.396. The summed E-state index contributed by atoms with van der Waals surface area (Å²) in [6, 6.07) is 0. The van der Waals surface area contributed by atoms with Crippen LogP contribution >= 0.6 is 0 Å². The molecule has 1 saturated heterocycles. The molecule has 70 valence electrons. The van der Waals surface area contributed by atoms with Crippen molar-refractivity contribution in [1.29, 1.82) is 0 Å². The highest BCUT2D eigenvalue weighted by molar-refractivity contribution is 5.23. The summed E-state index contributed by atoms with van der Waals surface area (Å²) >= 11 is 0. The van der Waals surface area contributed by atoms with Gasteiger partial charge in [-0.1, -0.05) is 0 Å². The molecule has 5 fully saturated rings. The van der Waals surface area contributed by atoms with Gasteiger partial charge >= 0.3 is 0 Å². The number of fused-ring (bicyclic) bond motifs is 2. The van der Waals surface area contributed by atoms with E-state index in [1.165, 1.54) is 12.8 Å². The zero-order valence-electron chi connectivity index (χ0n) is 7.47. The molecule has 9 atom stereocenters. The van der Waals surface area contributed by atoms with Gasteiger partial charge in [-0.3, -0.25) is 0 Å². The molecule has 2 bridgehead atoms. The van der Waals surface area contributed by atoms with Crippen LogP contribution in [0, 0.1) is 41.4 Å². The second-order valence-electron chi connectivity index (χ2n) is 5.85. The number of ether oxygens (including phenoxy) is 1. The van der Waals surface area contributed by atoms with Crippen LogP contribution in [0.3, 0.4) is 0 Å². The molecule has 1 N–H and O–H groups in total. The molecule has 13 heavy (non-hydrogen) atoms. The van der Waals surface area contributed by atoms with Crippen LogP contribution in [0.1, 0.15) is 12.8 Å². The zero-order chi connectivity index (χ0) is 8.32. The topological polar surface area (TPSA) is 29.5 Å². The predicted octanol–water partition coefficient (Wildman–Crippen LogP) is 0.852. The van der Waals surface area contributed by atoms with Gasteiger partial charge in [0.1, 0.15) is 0 Å². The van der Waals surface area contributed by atoms with Gasteiger partial charge in [-0.2, -0.15) is 0 Å². The molecule has 0 radical (unpaired) electrons. The van der Waals surface area contributed by atoms with E-state index in [-0.39, 0.29) is 0 Å². The van der Waals surface area contributed by atoms with E-state index in [1.54, 1.807) is 0 Å². The van der Waals surface area contributed by atoms with Gasteiger partial charge in [-0.15, -0.1) is 0 Å². The number of hydrogen-bond donors (Lipinski definition) is 1. The number of hydrogen-bond acceptors (Lipinski definition) is 2. The van der Waals surface area contributed by atoms with E-state index in [2.05, 4.69) is 0 Å². The summed E-state index contributed by atoms with van der Waals surface area (Å²) in [4.78, 5) is 0. The highest BCUT2D eigenvalue weighted by Gasteiger charge is 2.77. The van der Waals surface area contributed by atoms with Crippen molar-refractivity contribution in [3.63, 3.8) is 0 Å². The molecule has 1 aliphatic heterocycles. The van der Waals surface area contributed by atoms with Crippen LogP contribution in [0.4, 0.5) is 0 Å². The first-order valence-corrected chi connectivity index (χ1v) is 5.70. The van der Waals surface area contributed by atoms with Gasteiger partial charge in [-0.05, 0) is 48.3 Å². The van der Waals surface area contributed by atoms with E-state index in [4.69, 9.17) is 4.74 Å². The first kappa shape index (κ1) is 6.41. The molecular formula is C11H14O2. The van der Waals surface area contributed by atoms with E-state index in [0.29, 0.717) is 12.0 Å². The molecule has 5 aliphatic rings. The highest BCUT2D eigenvalue weighted by Crippen LogP contribution is 2.77. The van der Waals surface area contributed by atoms with E-state index in [9.17, 15) is 5.11 Å². The van der Waals surface area contributed by atoms with Gasteiger partial charge in [0.05, 0.1) is 6.10 Å². The minimum Gasteiger partial charge on any atom is -0.368 e. The van der Waals surface area contributed by atoms with Crippen LogP contribution in [0.5, 0.6) is 0 Å². The molecule has 2 nitrogen and oxygen atoms in total. The Kier molecular flexibility index (Phi) is 0.783. The third kappa shape index (κ3) is 0.435. The Morgan fingerprint density at radius 3 is 2.54 bits per heavy atom. The maximum Gasteiger partial charge on any atom is 0.158 e. The molecule has 0 spiro atoms. The fourth-order valence-electron chi connectivity index (χ4n) is 5.90. The van der Waals surface area contributed by atoms with Gasteiger partial charge in [-0.25, -0.2) is 0 Å². The van der Waals surface area contributed by atoms with Gasteiger partial charge in [0.15, 0.2) is 6.29 Å². The lowest BCUT2D eigenvalue weighted by Crippen LogP contribution is -2.59. The SMILES string of the molecule is OC1O[C@H]2[C@@H]3C[C@@H]4[C@@H]5C[C@H]([C@@H]14)[C@H]2[C@@H]53. The van der Waals surface area contributed by atoms with Crippen LogP contribution in [-0.4, -0.2) is 17.5 Å². The summed E-state index contributed by atoms with van der Waals surface area (Å²) < 4.78 is 5.73. The molecular weight excluding hydrogens is 164 g/mol. The van der Waals surface area contributed by atoms with Gasteiger partial charge in [0, 0.05) is 5.92 Å². The molecule has 1 unspecified atom stereocenters. The van der Waals surface area contributed by atoms with Crippen molar-refractivity contribution in [2.24, 2.45) is 41.4 Å². The fraction of sp³-hybridized carbons (Fsp3) is 1.00. The van der Waals surface area contributed by atoms with Crippen LogP contribution in [-0.2, 0) is 4.74 Å². The molecule has 1 heterocycles. The van der Waals surface area contributed by atoms with Crippen LogP contribution in [0.25, 0.3) is 0 Å². The van der Waals surface area contributed by atoms with Gasteiger partial charge in [0.25, 0.3) is 0 Å². The van der Waals surface area contributed by atoms with Crippen LogP contribution in [0.15, 0.2) is 0 Å². The molecule has 0 aromatic carbocycles. The molecule has 0 amide bonds. The Labute approximate surface area is 77.3 Å². The highest BCUT2D eigenvalue weighted by atomic mass is 16.6. The van der Waals surface area contributed by atoms with E-state index in [1.807, 2.05) is 0 Å². The number of aliphatic hydroxyl groups excluding tert-OH is 1. The van der Waals surface area contributed by atoms with Crippen LogP contribution in [0.2, 0.25) is 0 Å². The summed E-state index contributed by atoms with van der Waals surface area (Å²) in [5, 5.41) is 9.89. The lowest BCUT2D eigenvalue weighted by molar-refractivity contribution is -0.286. The first-order valence-electron chi connectivity index (χ1n) is 5.70. The molecule has 0 aromatic heterocycles. The molecule has 0 aromatic rings. The van der Waals surface area contributed by atoms with Crippen molar-refractivity contribution in [3.05, 3.63) is 0 Å². The molecule has 2 heteroatoms. The second kappa shape index (κ2) is 1.59. The van der Waals surface area contributed by atoms with Gasteiger partial charge in [0.2, 0.25) is 0 Å². The lowest BCUT2D eigenvalue weighted by atomic mass is 9.58. The summed E-state index contributed by atoms with van der Waals surface area (Å²) in [6.07, 6.45) is 2.89. The molecule has 4 saturated carbocycles. The van der Waals surface area contributed by atoms with Crippen molar-refractivity contribution >= 4 is 0 Å². The number of aliphatic hydroxyl groups is 1. The minimum absolute atomic E-state index is 0.396. The standard InChI is InChI=1S/C11H14O2/c12-11-8-4-2-6-7-3(4)1-5(8)9(7)10(6)13-11/h3-12H,1-2H2/t3-,4+,5+,6+,7-,8-,9-,10-,11?/m0/s1. The van der Waals surface area contributed by atoms with Crippen molar-refractivity contribution in [2.75, 3.05) is 0 Å². The van der Waals surface area contributed by atoms with E-state index >= 15 is 0 Å². The normalized spacial score (nSPS) is 80.5. The average Bonchev–Trinajstić information content (AvgIpc) is 2.57.